The molecule has 2 rings (SSSR count). The Kier molecular flexibility index (Phi) is 7.63. The van der Waals surface area contributed by atoms with Crippen LogP contribution < -0.4 is 5.32 Å². The molecular formula is C19H23ClN2O3S. The van der Waals surface area contributed by atoms with Gasteiger partial charge in [0.05, 0.1) is 6.26 Å². The van der Waals surface area contributed by atoms with Gasteiger partial charge in [-0.25, -0.2) is 12.7 Å². The lowest BCUT2D eigenvalue weighted by atomic mass is 10.1. The third-order valence-corrected chi connectivity index (χ3v) is 5.49. The van der Waals surface area contributed by atoms with Gasteiger partial charge in [0.1, 0.15) is 0 Å². The summed E-state index contributed by atoms with van der Waals surface area (Å²) in [7, 11) is -3.32. The van der Waals surface area contributed by atoms with Crippen LogP contribution in [0.5, 0.6) is 0 Å². The average Bonchev–Trinajstić information content (AvgIpc) is 2.61. The second-order valence-electron chi connectivity index (χ2n) is 6.01. The van der Waals surface area contributed by atoms with Crippen molar-refractivity contribution in [1.29, 1.82) is 0 Å². The van der Waals surface area contributed by atoms with Crippen LogP contribution in [-0.2, 0) is 16.4 Å². The number of hydrogen-bond acceptors (Lipinski definition) is 3. The quantitative estimate of drug-likeness (QED) is 0.711. The molecule has 0 fully saturated rings. The Morgan fingerprint density at radius 1 is 1.04 bits per heavy atom. The molecule has 0 spiro atoms. The lowest BCUT2D eigenvalue weighted by Crippen LogP contribution is -2.38. The highest BCUT2D eigenvalue weighted by atomic mass is 35.5. The molecule has 0 unspecified atom stereocenters. The Labute approximate surface area is 160 Å². The van der Waals surface area contributed by atoms with Crippen molar-refractivity contribution >= 4 is 27.5 Å². The van der Waals surface area contributed by atoms with Gasteiger partial charge in [-0.15, -0.1) is 0 Å². The molecule has 2 aromatic rings. The second-order valence-corrected chi connectivity index (χ2v) is 8.43. The first-order chi connectivity index (χ1) is 12.4. The minimum absolute atomic E-state index is 0.243. The first-order valence-electron chi connectivity index (χ1n) is 8.39. The number of amides is 1. The van der Waals surface area contributed by atoms with Gasteiger partial charge in [-0.05, 0) is 42.7 Å². The van der Waals surface area contributed by atoms with Gasteiger partial charge in [0.25, 0.3) is 5.91 Å². The second kappa shape index (κ2) is 9.71. The number of sulfonamides is 1. The molecule has 26 heavy (non-hydrogen) atoms. The molecule has 140 valence electrons. The van der Waals surface area contributed by atoms with Crippen LogP contribution in [-0.4, -0.2) is 44.5 Å². The fourth-order valence-electron chi connectivity index (χ4n) is 2.55. The Morgan fingerprint density at radius 2 is 1.69 bits per heavy atom. The Hall–Kier alpha value is -1.89. The summed E-state index contributed by atoms with van der Waals surface area (Å²) in [6.07, 6.45) is 2.72. The zero-order valence-electron chi connectivity index (χ0n) is 14.7. The van der Waals surface area contributed by atoms with Crippen LogP contribution in [0, 0.1) is 0 Å². The summed E-state index contributed by atoms with van der Waals surface area (Å²) in [6.45, 7) is 0.914. The predicted octanol–water partition coefficient (Wildman–Crippen LogP) is 2.96. The fraction of sp³-hybridized carbons (Fsp3) is 0.316. The zero-order valence-corrected chi connectivity index (χ0v) is 16.3. The highest BCUT2D eigenvalue weighted by Crippen LogP contribution is 2.09. The summed E-state index contributed by atoms with van der Waals surface area (Å²) in [4.78, 5) is 12.1. The van der Waals surface area contributed by atoms with Crippen molar-refractivity contribution in [2.24, 2.45) is 0 Å². The van der Waals surface area contributed by atoms with Crippen LogP contribution in [0.15, 0.2) is 54.6 Å². The van der Waals surface area contributed by atoms with Gasteiger partial charge in [-0.1, -0.05) is 41.9 Å². The van der Waals surface area contributed by atoms with Crippen molar-refractivity contribution in [3.8, 4) is 0 Å². The third kappa shape index (κ3) is 6.78. The summed E-state index contributed by atoms with van der Waals surface area (Å²) in [5, 5.41) is 3.30. The first kappa shape index (κ1) is 20.4. The van der Waals surface area contributed by atoms with Crippen molar-refractivity contribution in [2.75, 3.05) is 25.9 Å². The number of carbonyl (C=O) groups is 1. The van der Waals surface area contributed by atoms with E-state index in [4.69, 9.17) is 11.6 Å². The number of benzene rings is 2. The molecule has 1 amide bonds. The van der Waals surface area contributed by atoms with Gasteiger partial charge in [0.15, 0.2) is 0 Å². The fourth-order valence-corrected chi connectivity index (χ4v) is 3.55. The average molecular weight is 395 g/mol. The lowest BCUT2D eigenvalue weighted by molar-refractivity contribution is 0.0951. The summed E-state index contributed by atoms with van der Waals surface area (Å²) < 4.78 is 25.3. The maximum Gasteiger partial charge on any atom is 0.251 e. The van der Waals surface area contributed by atoms with Gasteiger partial charge in [0.2, 0.25) is 10.0 Å². The van der Waals surface area contributed by atoms with Crippen molar-refractivity contribution in [3.05, 3.63) is 70.7 Å². The number of aryl methyl sites for hydroxylation is 1. The maximum absolute atomic E-state index is 12.1. The highest BCUT2D eigenvalue weighted by molar-refractivity contribution is 7.88. The molecule has 0 heterocycles. The molecule has 0 saturated heterocycles. The van der Waals surface area contributed by atoms with Gasteiger partial charge in [-0.2, -0.15) is 0 Å². The smallest absolute Gasteiger partial charge is 0.251 e. The predicted molar refractivity (Wildman–Crippen MR) is 105 cm³/mol. The van der Waals surface area contributed by atoms with E-state index >= 15 is 0 Å². The molecule has 7 heteroatoms. The minimum Gasteiger partial charge on any atom is -0.351 e. The third-order valence-electron chi connectivity index (χ3n) is 3.94. The topological polar surface area (TPSA) is 66.5 Å². The SMILES string of the molecule is CS(=O)(=O)N(CCCc1ccccc1)CCNC(=O)c1ccc(Cl)cc1. The van der Waals surface area contributed by atoms with Gasteiger partial charge in [-0.3, -0.25) is 4.79 Å². The molecule has 0 aromatic heterocycles. The molecule has 0 radical (unpaired) electrons. The number of rotatable bonds is 9. The molecule has 0 aliphatic rings. The molecule has 2 aromatic carbocycles. The van der Waals surface area contributed by atoms with Crippen LogP contribution in [0.2, 0.25) is 5.02 Å². The van der Waals surface area contributed by atoms with Crippen LogP contribution >= 0.6 is 11.6 Å². The van der Waals surface area contributed by atoms with Crippen molar-refractivity contribution in [3.63, 3.8) is 0 Å². The largest absolute Gasteiger partial charge is 0.351 e. The van der Waals surface area contributed by atoms with Gasteiger partial charge < -0.3 is 5.32 Å². The van der Waals surface area contributed by atoms with E-state index in [9.17, 15) is 13.2 Å². The molecule has 5 nitrogen and oxygen atoms in total. The molecule has 0 aliphatic heterocycles. The van der Waals surface area contributed by atoms with E-state index in [0.717, 1.165) is 12.8 Å². The van der Waals surface area contributed by atoms with E-state index in [1.165, 1.54) is 16.1 Å². The van der Waals surface area contributed by atoms with Crippen LogP contribution in [0.4, 0.5) is 0 Å². The number of nitrogens with one attached hydrogen (secondary N) is 1. The number of hydrogen-bond donors (Lipinski definition) is 1. The Morgan fingerprint density at radius 3 is 2.31 bits per heavy atom. The monoisotopic (exact) mass is 394 g/mol. The van der Waals surface area contributed by atoms with E-state index in [1.807, 2.05) is 30.3 Å². The molecule has 0 aliphatic carbocycles. The molecule has 0 bridgehead atoms. The summed E-state index contributed by atoms with van der Waals surface area (Å²) >= 11 is 5.80. The summed E-state index contributed by atoms with van der Waals surface area (Å²) in [6, 6.07) is 16.5. The van der Waals surface area contributed by atoms with E-state index in [1.54, 1.807) is 24.3 Å². The standard InChI is InChI=1S/C19H23ClN2O3S/c1-26(24,25)22(14-5-8-16-6-3-2-4-7-16)15-13-21-19(23)17-9-11-18(20)12-10-17/h2-4,6-7,9-12H,5,8,13-15H2,1H3,(H,21,23). The van der Waals surface area contributed by atoms with Crippen LogP contribution in [0.3, 0.4) is 0 Å². The van der Waals surface area contributed by atoms with E-state index in [0.29, 0.717) is 17.1 Å². The van der Waals surface area contributed by atoms with Crippen LogP contribution in [0.1, 0.15) is 22.3 Å². The van der Waals surface area contributed by atoms with Crippen molar-refractivity contribution in [2.45, 2.75) is 12.8 Å². The molecule has 0 atom stereocenters. The van der Waals surface area contributed by atoms with E-state index < -0.39 is 10.0 Å². The lowest BCUT2D eigenvalue weighted by Gasteiger charge is -2.20. The molecular weight excluding hydrogens is 372 g/mol. The number of halogens is 1. The van der Waals surface area contributed by atoms with Crippen molar-refractivity contribution < 1.29 is 13.2 Å². The Balaban J connectivity index is 1.82. The van der Waals surface area contributed by atoms with Gasteiger partial charge >= 0.3 is 0 Å². The van der Waals surface area contributed by atoms with E-state index in [2.05, 4.69) is 5.32 Å². The maximum atomic E-state index is 12.1. The van der Waals surface area contributed by atoms with Gasteiger partial charge in [0, 0.05) is 30.2 Å². The molecule has 1 N–H and O–H groups in total. The number of nitrogens with zero attached hydrogens (tertiary/aromatic N) is 1. The van der Waals surface area contributed by atoms with Crippen molar-refractivity contribution in [1.82, 2.24) is 9.62 Å². The normalized spacial score (nSPS) is 11.5. The first-order valence-corrected chi connectivity index (χ1v) is 10.6. The number of carbonyl (C=O) groups excluding carboxylic acids is 1. The zero-order chi connectivity index (χ0) is 19.0. The van der Waals surface area contributed by atoms with Crippen LogP contribution in [0.25, 0.3) is 0 Å². The molecule has 0 saturated carbocycles. The Bertz CT molecular complexity index is 808. The minimum atomic E-state index is -3.32. The van der Waals surface area contributed by atoms with E-state index in [-0.39, 0.29) is 19.0 Å². The summed E-state index contributed by atoms with van der Waals surface area (Å²) in [5.74, 6) is -0.251. The highest BCUT2D eigenvalue weighted by Gasteiger charge is 2.16. The summed E-state index contributed by atoms with van der Waals surface area (Å²) in [5.41, 5.74) is 1.67.